The first kappa shape index (κ1) is 18.4. The second-order valence-corrected chi connectivity index (χ2v) is 8.49. The molecule has 1 aromatic rings. The molecule has 4 heteroatoms. The number of ether oxygens (including phenoxy) is 1. The van der Waals surface area contributed by atoms with Crippen molar-refractivity contribution in [3.8, 4) is 0 Å². The molecular weight excluding hydrogens is 312 g/mol. The predicted octanol–water partition coefficient (Wildman–Crippen LogP) is 2.99. The van der Waals surface area contributed by atoms with E-state index < -0.39 is 0 Å². The average molecular weight is 344 g/mol. The van der Waals surface area contributed by atoms with Gasteiger partial charge in [-0.2, -0.15) is 0 Å². The van der Waals surface area contributed by atoms with E-state index in [-0.39, 0.29) is 11.0 Å². The number of hydrogen-bond acceptors (Lipinski definition) is 3. The summed E-state index contributed by atoms with van der Waals surface area (Å²) in [6.45, 7) is 10.8. The van der Waals surface area contributed by atoms with Crippen LogP contribution in [0.25, 0.3) is 0 Å². The van der Waals surface area contributed by atoms with Crippen molar-refractivity contribution in [2.45, 2.75) is 51.0 Å². The van der Waals surface area contributed by atoms with Crippen LogP contribution in [0, 0.1) is 6.92 Å². The zero-order chi connectivity index (χ0) is 18.1. The van der Waals surface area contributed by atoms with E-state index in [1.807, 2.05) is 0 Å². The zero-order valence-corrected chi connectivity index (χ0v) is 16.2. The molecule has 1 aromatic carbocycles. The van der Waals surface area contributed by atoms with Crippen LogP contribution in [0.5, 0.6) is 0 Å². The quantitative estimate of drug-likeness (QED) is 0.845. The molecular formula is C21H32N2O2. The third-order valence-electron chi connectivity index (χ3n) is 5.90. The third kappa shape index (κ3) is 4.06. The normalized spacial score (nSPS) is 27.3. The van der Waals surface area contributed by atoms with Gasteiger partial charge in [0.25, 0.3) is 0 Å². The van der Waals surface area contributed by atoms with E-state index in [2.05, 4.69) is 61.9 Å². The molecule has 25 heavy (non-hydrogen) atoms. The molecule has 2 aliphatic rings. The van der Waals surface area contributed by atoms with Crippen LogP contribution in [0.15, 0.2) is 24.3 Å². The number of benzene rings is 1. The summed E-state index contributed by atoms with van der Waals surface area (Å²) in [6, 6.07) is 8.57. The molecule has 1 amide bonds. The van der Waals surface area contributed by atoms with Crippen LogP contribution in [0.2, 0.25) is 0 Å². The monoisotopic (exact) mass is 344 g/mol. The van der Waals surface area contributed by atoms with E-state index in [9.17, 15) is 4.79 Å². The molecule has 1 unspecified atom stereocenters. The molecule has 4 nitrogen and oxygen atoms in total. The van der Waals surface area contributed by atoms with Crippen molar-refractivity contribution >= 4 is 5.91 Å². The number of hydrogen-bond donors (Lipinski definition) is 0. The van der Waals surface area contributed by atoms with Crippen LogP contribution in [0.4, 0.5) is 0 Å². The molecule has 2 aliphatic heterocycles. The maximum absolute atomic E-state index is 13.1. The second kappa shape index (κ2) is 7.08. The summed E-state index contributed by atoms with van der Waals surface area (Å²) in [5.74, 6) is 0.300. The fourth-order valence-corrected chi connectivity index (χ4v) is 4.58. The van der Waals surface area contributed by atoms with Gasteiger partial charge < -0.3 is 14.5 Å². The van der Waals surface area contributed by atoms with Crippen molar-refractivity contribution in [1.29, 1.82) is 0 Å². The Kier molecular flexibility index (Phi) is 5.21. The lowest BCUT2D eigenvalue weighted by Crippen LogP contribution is -2.51. The van der Waals surface area contributed by atoms with Crippen LogP contribution >= 0.6 is 0 Å². The van der Waals surface area contributed by atoms with E-state index in [1.165, 1.54) is 11.1 Å². The Morgan fingerprint density at radius 3 is 2.48 bits per heavy atom. The van der Waals surface area contributed by atoms with Gasteiger partial charge in [-0.25, -0.2) is 0 Å². The molecule has 0 aromatic heterocycles. The Hall–Kier alpha value is -1.39. The molecule has 2 heterocycles. The second-order valence-electron chi connectivity index (χ2n) is 8.49. The first-order chi connectivity index (χ1) is 11.8. The van der Waals surface area contributed by atoms with Crippen molar-refractivity contribution in [1.82, 2.24) is 9.80 Å². The fraction of sp³-hybridized carbons (Fsp3) is 0.667. The van der Waals surface area contributed by atoms with Gasteiger partial charge in [0.2, 0.25) is 5.91 Å². The zero-order valence-electron chi connectivity index (χ0n) is 16.2. The SMILES string of the molecule is Cc1ccccc1C1(CC(=O)N2CCN(C)CC2)CCOC(C)(C)C1. The number of aryl methyl sites for hydroxylation is 1. The number of likely N-dealkylation sites (N-methyl/N-ethyl adjacent to an activating group) is 1. The van der Waals surface area contributed by atoms with Gasteiger partial charge >= 0.3 is 0 Å². The summed E-state index contributed by atoms with van der Waals surface area (Å²) < 4.78 is 5.99. The molecule has 0 spiro atoms. The summed E-state index contributed by atoms with van der Waals surface area (Å²) in [4.78, 5) is 17.5. The minimum atomic E-state index is -0.192. The molecule has 3 rings (SSSR count). The van der Waals surface area contributed by atoms with Gasteiger partial charge in [-0.15, -0.1) is 0 Å². The predicted molar refractivity (Wildman–Crippen MR) is 101 cm³/mol. The maximum atomic E-state index is 13.1. The smallest absolute Gasteiger partial charge is 0.223 e. The lowest BCUT2D eigenvalue weighted by Gasteiger charge is -2.46. The van der Waals surface area contributed by atoms with E-state index in [1.54, 1.807) is 0 Å². The lowest BCUT2D eigenvalue weighted by atomic mass is 9.66. The average Bonchev–Trinajstić information content (AvgIpc) is 2.54. The van der Waals surface area contributed by atoms with Crippen molar-refractivity contribution in [2.24, 2.45) is 0 Å². The number of rotatable bonds is 3. The molecule has 0 saturated carbocycles. The van der Waals surface area contributed by atoms with Crippen molar-refractivity contribution < 1.29 is 9.53 Å². The standard InChI is InChI=1S/C21H32N2O2/c1-17-7-5-6-8-18(17)21(9-14-25-20(2,3)16-21)15-19(24)23-12-10-22(4)11-13-23/h5-8H,9-16H2,1-4H3. The minimum Gasteiger partial charge on any atom is -0.376 e. The van der Waals surface area contributed by atoms with Crippen LogP contribution in [-0.4, -0.2) is 61.1 Å². The highest BCUT2D eigenvalue weighted by atomic mass is 16.5. The first-order valence-electron chi connectivity index (χ1n) is 9.48. The van der Waals surface area contributed by atoms with E-state index in [4.69, 9.17) is 4.74 Å². The van der Waals surface area contributed by atoms with Gasteiger partial charge in [-0.3, -0.25) is 4.79 Å². The van der Waals surface area contributed by atoms with Crippen molar-refractivity contribution in [2.75, 3.05) is 39.8 Å². The van der Waals surface area contributed by atoms with E-state index in [0.29, 0.717) is 12.3 Å². The number of nitrogens with zero attached hydrogens (tertiary/aromatic N) is 2. The third-order valence-corrected chi connectivity index (χ3v) is 5.90. The highest BCUT2D eigenvalue weighted by Gasteiger charge is 2.44. The number of carbonyl (C=O) groups excluding carboxylic acids is 1. The van der Waals surface area contributed by atoms with Gasteiger partial charge in [0, 0.05) is 44.6 Å². The minimum absolute atomic E-state index is 0.118. The number of amides is 1. The van der Waals surface area contributed by atoms with Crippen LogP contribution in [0.3, 0.4) is 0 Å². The number of carbonyl (C=O) groups is 1. The summed E-state index contributed by atoms with van der Waals surface area (Å²) >= 11 is 0. The van der Waals surface area contributed by atoms with E-state index in [0.717, 1.165) is 45.6 Å². The summed E-state index contributed by atoms with van der Waals surface area (Å²) in [7, 11) is 2.12. The summed E-state index contributed by atoms with van der Waals surface area (Å²) in [6.07, 6.45) is 2.40. The van der Waals surface area contributed by atoms with Gasteiger partial charge in [-0.1, -0.05) is 24.3 Å². The molecule has 0 bridgehead atoms. The Morgan fingerprint density at radius 1 is 1.16 bits per heavy atom. The Labute approximate surface area is 152 Å². The lowest BCUT2D eigenvalue weighted by molar-refractivity contribution is -0.138. The van der Waals surface area contributed by atoms with Crippen molar-refractivity contribution in [3.05, 3.63) is 35.4 Å². The molecule has 138 valence electrons. The molecule has 0 aliphatic carbocycles. The van der Waals surface area contributed by atoms with Gasteiger partial charge in [-0.05, 0) is 51.8 Å². The maximum Gasteiger partial charge on any atom is 0.223 e. The molecule has 0 radical (unpaired) electrons. The molecule has 2 fully saturated rings. The first-order valence-corrected chi connectivity index (χ1v) is 9.48. The number of piperazine rings is 1. The highest BCUT2D eigenvalue weighted by molar-refractivity contribution is 5.78. The largest absolute Gasteiger partial charge is 0.376 e. The van der Waals surface area contributed by atoms with Gasteiger partial charge in [0.1, 0.15) is 0 Å². The topological polar surface area (TPSA) is 32.8 Å². The van der Waals surface area contributed by atoms with Crippen LogP contribution < -0.4 is 0 Å². The Bertz CT molecular complexity index is 620. The van der Waals surface area contributed by atoms with Crippen LogP contribution in [-0.2, 0) is 14.9 Å². The van der Waals surface area contributed by atoms with E-state index >= 15 is 0 Å². The van der Waals surface area contributed by atoms with Crippen molar-refractivity contribution in [3.63, 3.8) is 0 Å². The van der Waals surface area contributed by atoms with Gasteiger partial charge in [0.05, 0.1) is 5.60 Å². The molecule has 2 saturated heterocycles. The Balaban J connectivity index is 1.87. The molecule has 1 atom stereocenters. The van der Waals surface area contributed by atoms with Crippen LogP contribution in [0.1, 0.15) is 44.2 Å². The Morgan fingerprint density at radius 2 is 1.84 bits per heavy atom. The summed E-state index contributed by atoms with van der Waals surface area (Å²) in [5, 5.41) is 0. The fourth-order valence-electron chi connectivity index (χ4n) is 4.58. The van der Waals surface area contributed by atoms with Gasteiger partial charge in [0.15, 0.2) is 0 Å². The molecule has 0 N–H and O–H groups in total. The highest BCUT2D eigenvalue weighted by Crippen LogP contribution is 2.45. The summed E-state index contributed by atoms with van der Waals surface area (Å²) in [5.41, 5.74) is 2.30.